The molecule has 0 atom stereocenters. The minimum atomic E-state index is -0.510. The van der Waals surface area contributed by atoms with Gasteiger partial charge < -0.3 is 22.1 Å². The molecule has 3 amide bonds. The third-order valence-electron chi connectivity index (χ3n) is 2.85. The van der Waals surface area contributed by atoms with Gasteiger partial charge in [-0.1, -0.05) is 12.1 Å². The minimum absolute atomic E-state index is 0.379. The van der Waals surface area contributed by atoms with Crippen LogP contribution in [0.2, 0.25) is 0 Å². The summed E-state index contributed by atoms with van der Waals surface area (Å²) in [7, 11) is 0. The van der Waals surface area contributed by atoms with Crippen LogP contribution >= 0.6 is 0 Å². The molecular formula is C15H16N4O2. The average molecular weight is 284 g/mol. The molecule has 0 unspecified atom stereocenters. The van der Waals surface area contributed by atoms with Crippen LogP contribution in [0.5, 0.6) is 0 Å². The molecule has 6 nitrogen and oxygen atoms in total. The number of urea groups is 1. The Morgan fingerprint density at radius 1 is 0.952 bits per heavy atom. The van der Waals surface area contributed by atoms with Gasteiger partial charge in [-0.2, -0.15) is 0 Å². The van der Waals surface area contributed by atoms with Gasteiger partial charge in [0, 0.05) is 23.5 Å². The molecule has 0 spiro atoms. The number of rotatable bonds is 4. The molecule has 2 aromatic rings. The van der Waals surface area contributed by atoms with Crippen LogP contribution in [0.25, 0.3) is 0 Å². The molecule has 0 saturated carbocycles. The van der Waals surface area contributed by atoms with Crippen molar-refractivity contribution in [3.8, 4) is 0 Å². The van der Waals surface area contributed by atoms with Crippen molar-refractivity contribution in [2.24, 2.45) is 11.5 Å². The van der Waals surface area contributed by atoms with Crippen LogP contribution in [0.1, 0.15) is 15.9 Å². The zero-order chi connectivity index (χ0) is 15.2. The van der Waals surface area contributed by atoms with E-state index in [9.17, 15) is 9.59 Å². The van der Waals surface area contributed by atoms with Gasteiger partial charge in [-0.25, -0.2) is 4.79 Å². The number of nitrogens with two attached hydrogens (primary N) is 2. The van der Waals surface area contributed by atoms with Gasteiger partial charge in [-0.05, 0) is 42.0 Å². The van der Waals surface area contributed by atoms with E-state index in [1.807, 2.05) is 12.1 Å². The van der Waals surface area contributed by atoms with Crippen LogP contribution in [0.4, 0.5) is 16.2 Å². The predicted octanol–water partition coefficient (Wildman–Crippen LogP) is 1.89. The largest absolute Gasteiger partial charge is 0.366 e. The van der Waals surface area contributed by atoms with Gasteiger partial charge in [0.15, 0.2) is 0 Å². The summed E-state index contributed by atoms with van der Waals surface area (Å²) in [6.45, 7) is 0.408. The molecule has 6 N–H and O–H groups in total. The summed E-state index contributed by atoms with van der Waals surface area (Å²) < 4.78 is 0. The van der Waals surface area contributed by atoms with E-state index in [-0.39, 0.29) is 6.03 Å². The highest BCUT2D eigenvalue weighted by Crippen LogP contribution is 2.12. The average Bonchev–Trinajstić information content (AvgIpc) is 2.47. The molecule has 2 aromatic carbocycles. The summed E-state index contributed by atoms with van der Waals surface area (Å²) in [5, 5.41) is 5.37. The van der Waals surface area contributed by atoms with E-state index in [1.165, 1.54) is 0 Å². The maximum Gasteiger partial charge on any atom is 0.323 e. The van der Waals surface area contributed by atoms with Crippen molar-refractivity contribution >= 4 is 23.3 Å². The molecule has 0 heterocycles. The van der Waals surface area contributed by atoms with E-state index in [1.54, 1.807) is 36.4 Å². The first kappa shape index (κ1) is 14.5. The number of hydrogen-bond donors (Lipinski definition) is 4. The molecule has 0 saturated heterocycles. The number of nitrogens with one attached hydrogen (secondary N) is 2. The quantitative estimate of drug-likeness (QED) is 0.688. The Morgan fingerprint density at radius 2 is 1.62 bits per heavy atom. The van der Waals surface area contributed by atoms with Crippen LogP contribution < -0.4 is 22.1 Å². The van der Waals surface area contributed by atoms with E-state index in [0.29, 0.717) is 23.5 Å². The number of hydrogen-bond acceptors (Lipinski definition) is 3. The van der Waals surface area contributed by atoms with E-state index in [0.717, 1.165) is 5.56 Å². The Morgan fingerprint density at radius 3 is 2.24 bits per heavy atom. The summed E-state index contributed by atoms with van der Waals surface area (Å²) in [5.74, 6) is -0.510. The summed E-state index contributed by atoms with van der Waals surface area (Å²) in [6, 6.07) is 13.2. The topological polar surface area (TPSA) is 110 Å². The highest BCUT2D eigenvalue weighted by molar-refractivity contribution is 6.00. The van der Waals surface area contributed by atoms with Gasteiger partial charge in [0.1, 0.15) is 0 Å². The van der Waals surface area contributed by atoms with Gasteiger partial charge in [0.2, 0.25) is 5.91 Å². The van der Waals surface area contributed by atoms with Gasteiger partial charge in [-0.15, -0.1) is 0 Å². The van der Waals surface area contributed by atoms with Gasteiger partial charge in [0.05, 0.1) is 0 Å². The Balaban J connectivity index is 1.99. The van der Waals surface area contributed by atoms with Crippen molar-refractivity contribution in [2.45, 2.75) is 6.54 Å². The van der Waals surface area contributed by atoms with E-state index in [4.69, 9.17) is 11.5 Å². The Kier molecular flexibility index (Phi) is 4.53. The number of carbonyl (C=O) groups is 2. The number of primary amides is 1. The molecule has 0 aliphatic rings. The Bertz CT molecular complexity index is 653. The van der Waals surface area contributed by atoms with Crippen LogP contribution in [0.3, 0.4) is 0 Å². The van der Waals surface area contributed by atoms with Crippen LogP contribution in [0, 0.1) is 0 Å². The fraction of sp³-hybridized carbons (Fsp3) is 0.0667. The Labute approximate surface area is 122 Å². The maximum absolute atomic E-state index is 11.9. The lowest BCUT2D eigenvalue weighted by atomic mass is 10.2. The molecular weight excluding hydrogens is 268 g/mol. The molecule has 0 fully saturated rings. The second-order valence-electron chi connectivity index (χ2n) is 4.43. The third kappa shape index (κ3) is 4.05. The molecule has 21 heavy (non-hydrogen) atoms. The standard InChI is InChI=1S/C15H16N4O2/c16-9-10-2-1-3-13(8-10)19-15(21)18-12-6-4-11(5-7-12)14(17)20/h1-8H,9,16H2,(H2,17,20)(H2,18,19,21). The maximum atomic E-state index is 11.9. The second-order valence-corrected chi connectivity index (χ2v) is 4.43. The SMILES string of the molecule is NCc1cccc(NC(=O)Nc2ccc(C(N)=O)cc2)c1. The van der Waals surface area contributed by atoms with Gasteiger partial charge in [0.25, 0.3) is 0 Å². The number of anilines is 2. The molecule has 108 valence electrons. The summed E-state index contributed by atoms with van der Waals surface area (Å²) >= 11 is 0. The monoisotopic (exact) mass is 284 g/mol. The molecule has 0 radical (unpaired) electrons. The van der Waals surface area contributed by atoms with Crippen molar-refractivity contribution in [1.82, 2.24) is 0 Å². The van der Waals surface area contributed by atoms with E-state index >= 15 is 0 Å². The van der Waals surface area contributed by atoms with Crippen LogP contribution in [-0.2, 0) is 6.54 Å². The lowest BCUT2D eigenvalue weighted by Crippen LogP contribution is -2.19. The summed E-state index contributed by atoms with van der Waals surface area (Å²) in [4.78, 5) is 22.8. The van der Waals surface area contributed by atoms with E-state index in [2.05, 4.69) is 10.6 Å². The lowest BCUT2D eigenvalue weighted by molar-refractivity contribution is 0.100. The fourth-order valence-electron chi connectivity index (χ4n) is 1.79. The van der Waals surface area contributed by atoms with Crippen molar-refractivity contribution in [2.75, 3.05) is 10.6 Å². The normalized spacial score (nSPS) is 9.95. The van der Waals surface area contributed by atoms with Gasteiger partial charge in [-0.3, -0.25) is 4.79 Å². The van der Waals surface area contributed by atoms with Crippen molar-refractivity contribution in [3.63, 3.8) is 0 Å². The molecule has 0 aliphatic heterocycles. The molecule has 0 aromatic heterocycles. The zero-order valence-electron chi connectivity index (χ0n) is 11.3. The molecule has 6 heteroatoms. The van der Waals surface area contributed by atoms with Crippen LogP contribution in [-0.4, -0.2) is 11.9 Å². The highest BCUT2D eigenvalue weighted by Gasteiger charge is 2.04. The number of amides is 3. The van der Waals surface area contributed by atoms with Crippen molar-refractivity contribution < 1.29 is 9.59 Å². The first-order valence-corrected chi connectivity index (χ1v) is 6.35. The zero-order valence-corrected chi connectivity index (χ0v) is 11.3. The number of benzene rings is 2. The van der Waals surface area contributed by atoms with Crippen molar-refractivity contribution in [3.05, 3.63) is 59.7 Å². The lowest BCUT2D eigenvalue weighted by Gasteiger charge is -2.09. The smallest absolute Gasteiger partial charge is 0.323 e. The first-order chi connectivity index (χ1) is 10.1. The molecule has 0 bridgehead atoms. The summed E-state index contributed by atoms with van der Waals surface area (Å²) in [6.07, 6.45) is 0. The molecule has 2 rings (SSSR count). The minimum Gasteiger partial charge on any atom is -0.366 e. The van der Waals surface area contributed by atoms with Gasteiger partial charge >= 0.3 is 6.03 Å². The highest BCUT2D eigenvalue weighted by atomic mass is 16.2. The summed E-state index contributed by atoms with van der Waals surface area (Å²) in [5.41, 5.74) is 13.2. The predicted molar refractivity (Wildman–Crippen MR) is 81.9 cm³/mol. The first-order valence-electron chi connectivity index (χ1n) is 6.35. The van der Waals surface area contributed by atoms with E-state index < -0.39 is 5.91 Å². The fourth-order valence-corrected chi connectivity index (χ4v) is 1.79. The van der Waals surface area contributed by atoms with Crippen LogP contribution in [0.15, 0.2) is 48.5 Å². The van der Waals surface area contributed by atoms with Crippen molar-refractivity contribution in [1.29, 1.82) is 0 Å². The number of carbonyl (C=O) groups excluding carboxylic acids is 2. The Hall–Kier alpha value is -2.86. The second kappa shape index (κ2) is 6.53. The molecule has 0 aliphatic carbocycles. The third-order valence-corrected chi connectivity index (χ3v) is 2.85.